The summed E-state index contributed by atoms with van der Waals surface area (Å²) in [6.07, 6.45) is -8.38. The van der Waals surface area contributed by atoms with Gasteiger partial charge in [0.1, 0.15) is 5.75 Å². The largest absolute Gasteiger partial charge is 0.461 e. The summed E-state index contributed by atoms with van der Waals surface area (Å²) < 4.78 is 52.7. The Bertz CT molecular complexity index is 356. The van der Waals surface area contributed by atoms with Crippen molar-refractivity contribution in [3.63, 3.8) is 0 Å². The molecule has 0 saturated carbocycles. The third-order valence-electron chi connectivity index (χ3n) is 2.07. The van der Waals surface area contributed by atoms with Crippen LogP contribution in [0.15, 0.2) is 24.3 Å². The highest BCUT2D eigenvalue weighted by molar-refractivity contribution is 5.29. The lowest BCUT2D eigenvalue weighted by atomic mass is 10.1. The minimum Gasteiger partial charge on any atom is -0.428 e. The zero-order valence-electron chi connectivity index (χ0n) is 8.75. The number of alkyl halides is 4. The molecule has 1 rings (SSSR count). The summed E-state index contributed by atoms with van der Waals surface area (Å²) in [6, 6.07) is 4.64. The van der Waals surface area contributed by atoms with Crippen LogP contribution in [0.25, 0.3) is 0 Å². The highest BCUT2D eigenvalue weighted by Crippen LogP contribution is 2.27. The van der Waals surface area contributed by atoms with Crippen molar-refractivity contribution >= 4 is 0 Å². The van der Waals surface area contributed by atoms with Gasteiger partial charge >= 0.3 is 12.5 Å². The van der Waals surface area contributed by atoms with E-state index in [0.717, 1.165) is 12.1 Å². The summed E-state index contributed by atoms with van der Waals surface area (Å²) in [4.78, 5) is 0. The molecule has 0 amide bonds. The average Bonchev–Trinajstić information content (AvgIpc) is 2.28. The molecular weight excluding hydrogens is 240 g/mol. The lowest BCUT2D eigenvalue weighted by molar-refractivity contribution is -0.253. The van der Waals surface area contributed by atoms with E-state index in [1.807, 2.05) is 0 Å². The number of ether oxygens (including phenoxy) is 1. The van der Waals surface area contributed by atoms with Crippen LogP contribution in [0.2, 0.25) is 0 Å². The van der Waals surface area contributed by atoms with Crippen molar-refractivity contribution in [1.82, 2.24) is 0 Å². The molecule has 0 fully saturated rings. The molecule has 96 valence electrons. The lowest BCUT2D eigenvalue weighted by Gasteiger charge is -2.17. The van der Waals surface area contributed by atoms with E-state index in [1.54, 1.807) is 0 Å². The third-order valence-corrected chi connectivity index (χ3v) is 2.07. The van der Waals surface area contributed by atoms with Gasteiger partial charge in [-0.2, -0.15) is 17.6 Å². The van der Waals surface area contributed by atoms with Crippen LogP contribution in [-0.4, -0.2) is 19.1 Å². The molecule has 0 aliphatic carbocycles. The molecular formula is C10H12F4N2O. The number of hydrogen-bond acceptors (Lipinski definition) is 3. The second-order valence-corrected chi connectivity index (χ2v) is 3.38. The highest BCUT2D eigenvalue weighted by atomic mass is 19.3. The van der Waals surface area contributed by atoms with Gasteiger partial charge < -0.3 is 16.2 Å². The van der Waals surface area contributed by atoms with Crippen LogP contribution in [-0.2, 0) is 0 Å². The Morgan fingerprint density at radius 2 is 1.71 bits per heavy atom. The summed E-state index contributed by atoms with van der Waals surface area (Å²) in [5, 5.41) is 0. The van der Waals surface area contributed by atoms with E-state index in [1.165, 1.54) is 12.1 Å². The molecule has 0 radical (unpaired) electrons. The monoisotopic (exact) mass is 252 g/mol. The van der Waals surface area contributed by atoms with Gasteiger partial charge in [0.25, 0.3) is 0 Å². The van der Waals surface area contributed by atoms with Gasteiger partial charge in [-0.05, 0) is 17.7 Å². The van der Waals surface area contributed by atoms with E-state index in [0.29, 0.717) is 5.56 Å². The molecule has 1 aromatic rings. The predicted octanol–water partition coefficient (Wildman–Crippen LogP) is 1.88. The molecule has 0 unspecified atom stereocenters. The summed E-state index contributed by atoms with van der Waals surface area (Å²) in [7, 11) is 0. The highest BCUT2D eigenvalue weighted by Gasteiger charge is 2.43. The van der Waals surface area contributed by atoms with Crippen molar-refractivity contribution in [3.05, 3.63) is 29.8 Å². The zero-order chi connectivity index (χ0) is 13.1. The van der Waals surface area contributed by atoms with Crippen LogP contribution < -0.4 is 16.2 Å². The van der Waals surface area contributed by atoms with Crippen LogP contribution in [0, 0.1) is 0 Å². The van der Waals surface area contributed by atoms with E-state index in [4.69, 9.17) is 11.5 Å². The maximum absolute atomic E-state index is 12.5. The minimum absolute atomic E-state index is 0.188. The molecule has 0 bridgehead atoms. The fraction of sp³-hybridized carbons (Fsp3) is 0.400. The molecule has 0 aliphatic rings. The van der Waals surface area contributed by atoms with Gasteiger partial charge in [-0.1, -0.05) is 12.1 Å². The van der Waals surface area contributed by atoms with Gasteiger partial charge in [0, 0.05) is 12.6 Å². The molecule has 1 aromatic carbocycles. The Labute approximate surface area is 95.3 Å². The number of benzene rings is 1. The second-order valence-electron chi connectivity index (χ2n) is 3.38. The topological polar surface area (TPSA) is 61.3 Å². The normalized spacial score (nSPS) is 13.8. The standard InChI is InChI=1S/C10H12F4N2O/c11-9(12)10(13,14)17-7-3-1-6(2-4-7)8(16)5-15/h1-4,8-9H,5,15-16H2/t8-/m0/s1. The molecule has 0 saturated heterocycles. The van der Waals surface area contributed by atoms with Gasteiger partial charge in [-0.15, -0.1) is 0 Å². The van der Waals surface area contributed by atoms with Crippen LogP contribution in [0.5, 0.6) is 5.75 Å². The minimum atomic E-state index is -4.50. The van der Waals surface area contributed by atoms with Gasteiger partial charge in [0.15, 0.2) is 0 Å². The van der Waals surface area contributed by atoms with Crippen LogP contribution >= 0.6 is 0 Å². The quantitative estimate of drug-likeness (QED) is 0.786. The van der Waals surface area contributed by atoms with Gasteiger partial charge in [0.05, 0.1) is 0 Å². The molecule has 7 heteroatoms. The molecule has 0 aromatic heterocycles. The van der Waals surface area contributed by atoms with Crippen molar-refractivity contribution in [3.8, 4) is 5.75 Å². The first kappa shape index (κ1) is 13.7. The van der Waals surface area contributed by atoms with E-state index < -0.39 is 18.6 Å². The molecule has 1 atom stereocenters. The Morgan fingerprint density at radius 1 is 1.18 bits per heavy atom. The molecule has 0 heterocycles. The smallest absolute Gasteiger partial charge is 0.428 e. The number of nitrogens with two attached hydrogens (primary N) is 2. The van der Waals surface area contributed by atoms with Gasteiger partial charge in [-0.3, -0.25) is 0 Å². The summed E-state index contributed by atoms with van der Waals surface area (Å²) >= 11 is 0. The van der Waals surface area contributed by atoms with E-state index in [-0.39, 0.29) is 12.3 Å². The maximum Gasteiger partial charge on any atom is 0.461 e. The van der Waals surface area contributed by atoms with Crippen LogP contribution in [0.3, 0.4) is 0 Å². The van der Waals surface area contributed by atoms with Crippen molar-refractivity contribution in [2.45, 2.75) is 18.6 Å². The molecule has 4 N–H and O–H groups in total. The molecule has 17 heavy (non-hydrogen) atoms. The Balaban J connectivity index is 2.75. The Kier molecular flexibility index (Phi) is 4.30. The van der Waals surface area contributed by atoms with Gasteiger partial charge in [-0.25, -0.2) is 0 Å². The number of hydrogen-bond donors (Lipinski definition) is 2. The summed E-state index contributed by atoms with van der Waals surface area (Å²) in [5.74, 6) is -0.358. The van der Waals surface area contributed by atoms with Crippen molar-refractivity contribution < 1.29 is 22.3 Å². The number of rotatable bonds is 5. The predicted molar refractivity (Wildman–Crippen MR) is 54.0 cm³/mol. The Morgan fingerprint density at radius 3 is 2.12 bits per heavy atom. The van der Waals surface area contributed by atoms with Crippen molar-refractivity contribution in [2.24, 2.45) is 11.5 Å². The van der Waals surface area contributed by atoms with Crippen LogP contribution in [0.4, 0.5) is 17.6 Å². The fourth-order valence-electron chi connectivity index (χ4n) is 1.12. The number of halogens is 4. The Hall–Kier alpha value is -1.34. The molecule has 3 nitrogen and oxygen atoms in total. The first-order chi connectivity index (χ1) is 7.86. The summed E-state index contributed by atoms with van der Waals surface area (Å²) in [6.45, 7) is 0.188. The van der Waals surface area contributed by atoms with Crippen LogP contribution in [0.1, 0.15) is 11.6 Å². The van der Waals surface area contributed by atoms with E-state index >= 15 is 0 Å². The van der Waals surface area contributed by atoms with Crippen molar-refractivity contribution in [2.75, 3.05) is 6.54 Å². The van der Waals surface area contributed by atoms with Crippen molar-refractivity contribution in [1.29, 1.82) is 0 Å². The fourth-order valence-corrected chi connectivity index (χ4v) is 1.12. The first-order valence-electron chi connectivity index (χ1n) is 4.77. The SMILES string of the molecule is NC[C@H](N)c1ccc(OC(F)(F)C(F)F)cc1. The molecule has 0 aliphatic heterocycles. The van der Waals surface area contributed by atoms with E-state index in [9.17, 15) is 17.6 Å². The van der Waals surface area contributed by atoms with E-state index in [2.05, 4.69) is 4.74 Å². The zero-order valence-corrected chi connectivity index (χ0v) is 8.75. The lowest BCUT2D eigenvalue weighted by Crippen LogP contribution is -2.33. The third kappa shape index (κ3) is 3.57. The second kappa shape index (κ2) is 5.33. The maximum atomic E-state index is 12.5. The summed E-state index contributed by atoms with van der Waals surface area (Å²) in [5.41, 5.74) is 11.5. The van der Waals surface area contributed by atoms with Gasteiger partial charge in [0.2, 0.25) is 0 Å². The molecule has 0 spiro atoms. The first-order valence-corrected chi connectivity index (χ1v) is 4.77. The average molecular weight is 252 g/mol.